The van der Waals surface area contributed by atoms with Crippen LogP contribution in [0.5, 0.6) is 11.5 Å². The molecule has 1 heterocycles. The number of carbonyl (C=O) groups excluding carboxylic acids is 1. The fourth-order valence-electron chi connectivity index (χ4n) is 2.83. The summed E-state index contributed by atoms with van der Waals surface area (Å²) in [5, 5.41) is 0. The first-order chi connectivity index (χ1) is 11.7. The Hall–Kier alpha value is -2.49. The van der Waals surface area contributed by atoms with E-state index in [1.165, 1.54) is 0 Å². The molecule has 1 amide bonds. The molecule has 4 heteroatoms. The van der Waals surface area contributed by atoms with E-state index < -0.39 is 0 Å². The average molecular weight is 325 g/mol. The van der Waals surface area contributed by atoms with Gasteiger partial charge in [-0.3, -0.25) is 4.79 Å². The SMILES string of the molecule is Cc1ccccc1OCCOc1ccc(C(=O)N2CCCC2)cc1. The van der Waals surface area contributed by atoms with Crippen molar-refractivity contribution >= 4 is 5.91 Å². The Labute approximate surface area is 143 Å². The van der Waals surface area contributed by atoms with Gasteiger partial charge >= 0.3 is 0 Å². The first-order valence-corrected chi connectivity index (χ1v) is 8.44. The Balaban J connectivity index is 1.46. The predicted octanol–water partition coefficient (Wildman–Crippen LogP) is 3.69. The summed E-state index contributed by atoms with van der Waals surface area (Å²) in [5.74, 6) is 1.75. The molecule has 1 fully saturated rings. The number of benzene rings is 2. The third kappa shape index (κ3) is 4.07. The van der Waals surface area contributed by atoms with Gasteiger partial charge in [0.2, 0.25) is 0 Å². The summed E-state index contributed by atoms with van der Waals surface area (Å²) in [5.41, 5.74) is 1.84. The Morgan fingerprint density at radius 3 is 2.33 bits per heavy atom. The second-order valence-corrected chi connectivity index (χ2v) is 5.99. The van der Waals surface area contributed by atoms with Gasteiger partial charge in [0.1, 0.15) is 24.7 Å². The van der Waals surface area contributed by atoms with Crippen molar-refractivity contribution in [1.82, 2.24) is 4.90 Å². The quantitative estimate of drug-likeness (QED) is 0.760. The van der Waals surface area contributed by atoms with Crippen molar-refractivity contribution in [3.05, 3.63) is 59.7 Å². The average Bonchev–Trinajstić information content (AvgIpc) is 3.15. The number of rotatable bonds is 6. The van der Waals surface area contributed by atoms with E-state index in [1.54, 1.807) is 0 Å². The van der Waals surface area contributed by atoms with Gasteiger partial charge in [-0.25, -0.2) is 0 Å². The highest BCUT2D eigenvalue weighted by Gasteiger charge is 2.19. The van der Waals surface area contributed by atoms with E-state index in [0.717, 1.165) is 48.6 Å². The molecule has 0 bridgehead atoms. The van der Waals surface area contributed by atoms with E-state index in [4.69, 9.17) is 9.47 Å². The van der Waals surface area contributed by atoms with E-state index in [1.807, 2.05) is 60.4 Å². The fraction of sp³-hybridized carbons (Fsp3) is 0.350. The van der Waals surface area contributed by atoms with Crippen molar-refractivity contribution in [3.63, 3.8) is 0 Å². The van der Waals surface area contributed by atoms with Crippen LogP contribution < -0.4 is 9.47 Å². The molecule has 126 valence electrons. The molecule has 1 aliphatic heterocycles. The molecule has 0 unspecified atom stereocenters. The number of likely N-dealkylation sites (tertiary alicyclic amines) is 1. The van der Waals surface area contributed by atoms with Crippen LogP contribution >= 0.6 is 0 Å². The smallest absolute Gasteiger partial charge is 0.253 e. The number of ether oxygens (including phenoxy) is 2. The molecule has 0 aromatic heterocycles. The molecule has 0 N–H and O–H groups in total. The van der Waals surface area contributed by atoms with E-state index in [9.17, 15) is 4.79 Å². The van der Waals surface area contributed by atoms with Gasteiger partial charge in [-0.2, -0.15) is 0 Å². The first-order valence-electron chi connectivity index (χ1n) is 8.44. The van der Waals surface area contributed by atoms with E-state index in [2.05, 4.69) is 0 Å². The molecule has 2 aromatic rings. The molecular weight excluding hydrogens is 302 g/mol. The third-order valence-corrected chi connectivity index (χ3v) is 4.20. The highest BCUT2D eigenvalue weighted by molar-refractivity contribution is 5.94. The molecule has 0 aliphatic carbocycles. The standard InChI is InChI=1S/C20H23NO3/c1-16-6-2-3-7-19(16)24-15-14-23-18-10-8-17(9-11-18)20(22)21-12-4-5-13-21/h2-3,6-11H,4-5,12-15H2,1H3. The fourth-order valence-corrected chi connectivity index (χ4v) is 2.83. The van der Waals surface area contributed by atoms with E-state index in [-0.39, 0.29) is 5.91 Å². The van der Waals surface area contributed by atoms with Crippen molar-refractivity contribution in [2.75, 3.05) is 26.3 Å². The molecule has 0 radical (unpaired) electrons. The maximum absolute atomic E-state index is 12.3. The lowest BCUT2D eigenvalue weighted by atomic mass is 10.2. The molecule has 1 saturated heterocycles. The minimum absolute atomic E-state index is 0.113. The minimum atomic E-state index is 0.113. The van der Waals surface area contributed by atoms with Crippen LogP contribution in [0.3, 0.4) is 0 Å². The summed E-state index contributed by atoms with van der Waals surface area (Å²) in [6, 6.07) is 15.3. The van der Waals surface area contributed by atoms with Gasteiger partial charge in [0, 0.05) is 18.7 Å². The number of nitrogens with zero attached hydrogens (tertiary/aromatic N) is 1. The molecule has 3 rings (SSSR count). The lowest BCUT2D eigenvalue weighted by Gasteiger charge is -2.15. The maximum atomic E-state index is 12.3. The van der Waals surface area contributed by atoms with E-state index >= 15 is 0 Å². The number of hydrogen-bond donors (Lipinski definition) is 0. The van der Waals surface area contributed by atoms with E-state index in [0.29, 0.717) is 13.2 Å². The first kappa shape index (κ1) is 16.4. The van der Waals surface area contributed by atoms with Crippen LogP contribution in [0, 0.1) is 6.92 Å². The summed E-state index contributed by atoms with van der Waals surface area (Å²) in [6.07, 6.45) is 2.21. The van der Waals surface area contributed by atoms with Gasteiger partial charge in [0.05, 0.1) is 0 Å². The summed E-state index contributed by atoms with van der Waals surface area (Å²) < 4.78 is 11.4. The van der Waals surface area contributed by atoms with Crippen molar-refractivity contribution in [3.8, 4) is 11.5 Å². The van der Waals surface area contributed by atoms with Crippen LogP contribution in [-0.2, 0) is 0 Å². The number of amides is 1. The largest absolute Gasteiger partial charge is 0.490 e. The van der Waals surface area contributed by atoms with Gasteiger partial charge < -0.3 is 14.4 Å². The number of carbonyl (C=O) groups is 1. The zero-order valence-corrected chi connectivity index (χ0v) is 14.0. The lowest BCUT2D eigenvalue weighted by molar-refractivity contribution is 0.0793. The minimum Gasteiger partial charge on any atom is -0.490 e. The molecule has 24 heavy (non-hydrogen) atoms. The summed E-state index contributed by atoms with van der Waals surface area (Å²) in [4.78, 5) is 14.2. The molecule has 0 spiro atoms. The molecule has 1 aliphatic rings. The van der Waals surface area contributed by atoms with Crippen molar-refractivity contribution < 1.29 is 14.3 Å². The van der Waals surface area contributed by atoms with Crippen LogP contribution in [0.15, 0.2) is 48.5 Å². The van der Waals surface area contributed by atoms with Crippen LogP contribution in [0.2, 0.25) is 0 Å². The molecule has 0 atom stereocenters. The lowest BCUT2D eigenvalue weighted by Crippen LogP contribution is -2.27. The van der Waals surface area contributed by atoms with Crippen LogP contribution in [0.25, 0.3) is 0 Å². The van der Waals surface area contributed by atoms with Crippen molar-refractivity contribution in [2.24, 2.45) is 0 Å². The van der Waals surface area contributed by atoms with Crippen molar-refractivity contribution in [1.29, 1.82) is 0 Å². The Morgan fingerprint density at radius 2 is 1.62 bits per heavy atom. The number of hydrogen-bond acceptors (Lipinski definition) is 3. The topological polar surface area (TPSA) is 38.8 Å². The highest BCUT2D eigenvalue weighted by atomic mass is 16.5. The van der Waals surface area contributed by atoms with Crippen LogP contribution in [0.1, 0.15) is 28.8 Å². The normalized spacial score (nSPS) is 13.8. The summed E-state index contributed by atoms with van der Waals surface area (Å²) in [6.45, 7) is 4.71. The van der Waals surface area contributed by atoms with Crippen LogP contribution in [0.4, 0.5) is 0 Å². The molecule has 2 aromatic carbocycles. The van der Waals surface area contributed by atoms with Gasteiger partial charge in [-0.05, 0) is 55.7 Å². The Morgan fingerprint density at radius 1 is 0.958 bits per heavy atom. The van der Waals surface area contributed by atoms with Gasteiger partial charge in [-0.1, -0.05) is 18.2 Å². The number of aryl methyl sites for hydroxylation is 1. The second-order valence-electron chi connectivity index (χ2n) is 5.99. The summed E-state index contributed by atoms with van der Waals surface area (Å²) >= 11 is 0. The van der Waals surface area contributed by atoms with Crippen LogP contribution in [-0.4, -0.2) is 37.1 Å². The zero-order valence-electron chi connectivity index (χ0n) is 14.0. The monoisotopic (exact) mass is 325 g/mol. The molecular formula is C20H23NO3. The Bertz CT molecular complexity index is 676. The highest BCUT2D eigenvalue weighted by Crippen LogP contribution is 2.18. The van der Waals surface area contributed by atoms with Gasteiger partial charge in [0.25, 0.3) is 5.91 Å². The van der Waals surface area contributed by atoms with Gasteiger partial charge in [-0.15, -0.1) is 0 Å². The number of para-hydroxylation sites is 1. The maximum Gasteiger partial charge on any atom is 0.253 e. The predicted molar refractivity (Wildman–Crippen MR) is 93.7 cm³/mol. The second kappa shape index (κ2) is 7.86. The third-order valence-electron chi connectivity index (χ3n) is 4.20. The summed E-state index contributed by atoms with van der Waals surface area (Å²) in [7, 11) is 0. The Kier molecular flexibility index (Phi) is 5.36. The van der Waals surface area contributed by atoms with Gasteiger partial charge in [0.15, 0.2) is 0 Å². The molecule has 0 saturated carbocycles. The van der Waals surface area contributed by atoms with Crippen molar-refractivity contribution in [2.45, 2.75) is 19.8 Å². The molecule has 4 nitrogen and oxygen atoms in total. The zero-order chi connectivity index (χ0) is 16.8.